The van der Waals surface area contributed by atoms with Crippen molar-refractivity contribution in [3.63, 3.8) is 0 Å². The Labute approximate surface area is 111 Å². The van der Waals surface area contributed by atoms with Crippen LogP contribution in [-0.4, -0.2) is 16.0 Å². The predicted octanol–water partition coefficient (Wildman–Crippen LogP) is 1.86. The minimum Gasteiger partial charge on any atom is -0.505 e. The highest BCUT2D eigenvalue weighted by Crippen LogP contribution is 2.18. The number of aromatic nitrogens is 1. The standard InChI is InChI=1S/C14H15N3O2/c1-9(10-2-4-11(15)5-3-10)17-14(19)12-6-7-16-8-13(12)18/h2-9,18H,15H2,1H3,(H,17,19). The molecule has 1 heterocycles. The van der Waals surface area contributed by atoms with E-state index in [2.05, 4.69) is 10.3 Å². The first kappa shape index (κ1) is 12.9. The summed E-state index contributed by atoms with van der Waals surface area (Å²) < 4.78 is 0. The Balaban J connectivity index is 2.11. The lowest BCUT2D eigenvalue weighted by Gasteiger charge is -2.15. The van der Waals surface area contributed by atoms with Crippen LogP contribution in [0.15, 0.2) is 42.7 Å². The molecule has 5 heteroatoms. The number of hydrogen-bond acceptors (Lipinski definition) is 4. The zero-order valence-electron chi connectivity index (χ0n) is 10.5. The molecule has 5 nitrogen and oxygen atoms in total. The molecule has 1 unspecified atom stereocenters. The van der Waals surface area contributed by atoms with Crippen LogP contribution in [0.25, 0.3) is 0 Å². The first-order chi connectivity index (χ1) is 9.08. The highest BCUT2D eigenvalue weighted by molar-refractivity contribution is 5.96. The number of aromatic hydroxyl groups is 1. The number of carbonyl (C=O) groups is 1. The fraction of sp³-hybridized carbons (Fsp3) is 0.143. The van der Waals surface area contributed by atoms with Crippen LogP contribution < -0.4 is 11.1 Å². The van der Waals surface area contributed by atoms with Crippen LogP contribution in [-0.2, 0) is 0 Å². The Hall–Kier alpha value is -2.56. The van der Waals surface area contributed by atoms with Gasteiger partial charge in [-0.1, -0.05) is 12.1 Å². The van der Waals surface area contributed by atoms with E-state index in [4.69, 9.17) is 5.73 Å². The molecule has 0 aliphatic carbocycles. The lowest BCUT2D eigenvalue weighted by molar-refractivity contribution is 0.0937. The van der Waals surface area contributed by atoms with Gasteiger partial charge in [-0.25, -0.2) is 0 Å². The van der Waals surface area contributed by atoms with Crippen LogP contribution in [0.2, 0.25) is 0 Å². The average Bonchev–Trinajstić information content (AvgIpc) is 2.39. The normalized spacial score (nSPS) is 11.8. The van der Waals surface area contributed by atoms with Crippen molar-refractivity contribution < 1.29 is 9.90 Å². The second-order valence-corrected chi connectivity index (χ2v) is 4.25. The predicted molar refractivity (Wildman–Crippen MR) is 72.6 cm³/mol. The van der Waals surface area contributed by atoms with Crippen LogP contribution in [0.1, 0.15) is 28.9 Å². The minimum atomic E-state index is -0.343. The summed E-state index contributed by atoms with van der Waals surface area (Å²) in [6.45, 7) is 1.86. The minimum absolute atomic E-state index is 0.135. The third-order valence-corrected chi connectivity index (χ3v) is 2.83. The van der Waals surface area contributed by atoms with E-state index in [1.807, 2.05) is 19.1 Å². The van der Waals surface area contributed by atoms with E-state index in [0.29, 0.717) is 5.69 Å². The van der Waals surface area contributed by atoms with Gasteiger partial charge in [-0.2, -0.15) is 0 Å². The first-order valence-electron chi connectivity index (χ1n) is 5.87. The molecular formula is C14H15N3O2. The number of amides is 1. The van der Waals surface area contributed by atoms with Gasteiger partial charge in [0.2, 0.25) is 0 Å². The van der Waals surface area contributed by atoms with Crippen LogP contribution in [0.5, 0.6) is 5.75 Å². The van der Waals surface area contributed by atoms with Gasteiger partial charge in [0.05, 0.1) is 17.8 Å². The molecule has 0 aliphatic rings. The fourth-order valence-corrected chi connectivity index (χ4v) is 1.72. The SMILES string of the molecule is CC(NC(=O)c1ccncc1O)c1ccc(N)cc1. The van der Waals surface area contributed by atoms with Crippen molar-refractivity contribution in [2.75, 3.05) is 5.73 Å². The monoisotopic (exact) mass is 257 g/mol. The zero-order valence-corrected chi connectivity index (χ0v) is 10.5. The number of nitrogens with zero attached hydrogens (tertiary/aromatic N) is 1. The van der Waals surface area contributed by atoms with Crippen molar-refractivity contribution in [2.24, 2.45) is 0 Å². The summed E-state index contributed by atoms with van der Waals surface area (Å²) >= 11 is 0. The molecule has 0 aliphatic heterocycles. The van der Waals surface area contributed by atoms with E-state index in [1.54, 1.807) is 12.1 Å². The van der Waals surface area contributed by atoms with Gasteiger partial charge in [-0.3, -0.25) is 9.78 Å². The second-order valence-electron chi connectivity index (χ2n) is 4.25. The molecule has 2 rings (SSSR count). The van der Waals surface area contributed by atoms with Crippen LogP contribution in [0.4, 0.5) is 5.69 Å². The molecule has 1 atom stereocenters. The lowest BCUT2D eigenvalue weighted by atomic mass is 10.1. The van der Waals surface area contributed by atoms with E-state index in [0.717, 1.165) is 5.56 Å². The number of nitrogens with two attached hydrogens (primary N) is 1. The fourth-order valence-electron chi connectivity index (χ4n) is 1.72. The van der Waals surface area contributed by atoms with E-state index in [1.165, 1.54) is 18.5 Å². The maximum absolute atomic E-state index is 12.0. The van der Waals surface area contributed by atoms with Gasteiger partial charge in [0, 0.05) is 11.9 Å². The molecule has 0 fully saturated rings. The summed E-state index contributed by atoms with van der Waals surface area (Å²) in [7, 11) is 0. The van der Waals surface area contributed by atoms with Gasteiger partial charge in [0.15, 0.2) is 0 Å². The summed E-state index contributed by atoms with van der Waals surface area (Å²) in [5, 5.41) is 12.4. The van der Waals surface area contributed by atoms with Gasteiger partial charge in [0.25, 0.3) is 5.91 Å². The van der Waals surface area contributed by atoms with E-state index in [-0.39, 0.29) is 23.3 Å². The van der Waals surface area contributed by atoms with Crippen LogP contribution in [0.3, 0.4) is 0 Å². The lowest BCUT2D eigenvalue weighted by Crippen LogP contribution is -2.26. The molecule has 4 N–H and O–H groups in total. The van der Waals surface area contributed by atoms with Crippen LogP contribution in [0, 0.1) is 0 Å². The topological polar surface area (TPSA) is 88.2 Å². The highest BCUT2D eigenvalue weighted by Gasteiger charge is 2.14. The van der Waals surface area contributed by atoms with Crippen molar-refractivity contribution >= 4 is 11.6 Å². The highest BCUT2D eigenvalue weighted by atomic mass is 16.3. The average molecular weight is 257 g/mol. The van der Waals surface area contributed by atoms with E-state index >= 15 is 0 Å². The van der Waals surface area contributed by atoms with Gasteiger partial charge < -0.3 is 16.2 Å². The Bertz CT molecular complexity index is 581. The number of nitrogen functional groups attached to an aromatic ring is 1. The molecule has 0 saturated carbocycles. The third kappa shape index (κ3) is 3.01. The maximum atomic E-state index is 12.0. The molecule has 19 heavy (non-hydrogen) atoms. The molecule has 0 radical (unpaired) electrons. The number of anilines is 1. The van der Waals surface area contributed by atoms with Gasteiger partial charge in [0.1, 0.15) is 5.75 Å². The third-order valence-electron chi connectivity index (χ3n) is 2.83. The van der Waals surface area contributed by atoms with E-state index < -0.39 is 0 Å². The molecule has 1 amide bonds. The number of pyridine rings is 1. The molecule has 1 aromatic heterocycles. The molecule has 0 bridgehead atoms. The van der Waals surface area contributed by atoms with Crippen LogP contribution >= 0.6 is 0 Å². The maximum Gasteiger partial charge on any atom is 0.255 e. The number of rotatable bonds is 3. The van der Waals surface area contributed by atoms with Crippen molar-refractivity contribution in [1.29, 1.82) is 0 Å². The molecule has 0 spiro atoms. The summed E-state index contributed by atoms with van der Waals surface area (Å²) in [4.78, 5) is 15.7. The Morgan fingerprint density at radius 3 is 2.63 bits per heavy atom. The van der Waals surface area contributed by atoms with Gasteiger partial charge in [-0.05, 0) is 30.7 Å². The van der Waals surface area contributed by atoms with Crippen molar-refractivity contribution in [3.05, 3.63) is 53.9 Å². The quantitative estimate of drug-likeness (QED) is 0.732. The van der Waals surface area contributed by atoms with Crippen molar-refractivity contribution in [2.45, 2.75) is 13.0 Å². The zero-order chi connectivity index (χ0) is 13.8. The summed E-state index contributed by atoms with van der Waals surface area (Å²) in [6.07, 6.45) is 2.70. The summed E-state index contributed by atoms with van der Waals surface area (Å²) in [5.41, 5.74) is 7.43. The molecular weight excluding hydrogens is 242 g/mol. The van der Waals surface area contributed by atoms with Crippen molar-refractivity contribution in [3.8, 4) is 5.75 Å². The molecule has 1 aromatic carbocycles. The Morgan fingerprint density at radius 2 is 2.00 bits per heavy atom. The first-order valence-corrected chi connectivity index (χ1v) is 5.87. The molecule has 2 aromatic rings. The molecule has 0 saturated heterocycles. The van der Waals surface area contributed by atoms with E-state index in [9.17, 15) is 9.90 Å². The Morgan fingerprint density at radius 1 is 1.32 bits per heavy atom. The van der Waals surface area contributed by atoms with Crippen molar-refractivity contribution in [1.82, 2.24) is 10.3 Å². The smallest absolute Gasteiger partial charge is 0.255 e. The Kier molecular flexibility index (Phi) is 3.66. The van der Waals surface area contributed by atoms with Gasteiger partial charge >= 0.3 is 0 Å². The summed E-state index contributed by atoms with van der Waals surface area (Å²) in [6, 6.07) is 8.56. The number of benzene rings is 1. The molecule has 98 valence electrons. The number of carbonyl (C=O) groups excluding carboxylic acids is 1. The summed E-state index contributed by atoms with van der Waals surface area (Å²) in [5.74, 6) is -0.478. The largest absolute Gasteiger partial charge is 0.505 e. The van der Waals surface area contributed by atoms with Gasteiger partial charge in [-0.15, -0.1) is 0 Å². The number of nitrogens with one attached hydrogen (secondary N) is 1. The second kappa shape index (κ2) is 5.39. The number of hydrogen-bond donors (Lipinski definition) is 3.